The van der Waals surface area contributed by atoms with E-state index in [-0.39, 0.29) is 17.6 Å². The summed E-state index contributed by atoms with van der Waals surface area (Å²) in [5.74, 6) is -0.0574. The largest absolute Gasteiger partial charge is 0.494 e. The number of esters is 1. The molecular formula is C13H20N2O5. The van der Waals surface area contributed by atoms with Crippen molar-refractivity contribution < 1.29 is 23.8 Å². The minimum absolute atomic E-state index is 0.127. The van der Waals surface area contributed by atoms with Gasteiger partial charge in [0.15, 0.2) is 0 Å². The summed E-state index contributed by atoms with van der Waals surface area (Å²) in [5, 5.41) is 0. The molecule has 7 nitrogen and oxygen atoms in total. The van der Waals surface area contributed by atoms with Crippen LogP contribution in [0.5, 0.6) is 0 Å². The number of carbonyl (C=O) groups is 2. The molecular weight excluding hydrogens is 264 g/mol. The first-order chi connectivity index (χ1) is 9.70. The quantitative estimate of drug-likeness (QED) is 0.653. The van der Waals surface area contributed by atoms with E-state index >= 15 is 0 Å². The van der Waals surface area contributed by atoms with Crippen LogP contribution in [0.15, 0.2) is 12.0 Å². The average molecular weight is 284 g/mol. The van der Waals surface area contributed by atoms with Crippen molar-refractivity contribution in [2.75, 3.05) is 53.0 Å². The Bertz CT molecular complexity index is 388. The summed E-state index contributed by atoms with van der Waals surface area (Å²) in [7, 11) is 1.39. The molecule has 0 radical (unpaired) electrons. The van der Waals surface area contributed by atoms with Crippen LogP contribution in [0.2, 0.25) is 0 Å². The van der Waals surface area contributed by atoms with Crippen LogP contribution in [0, 0.1) is 0 Å². The van der Waals surface area contributed by atoms with Crippen molar-refractivity contribution in [1.82, 2.24) is 9.80 Å². The molecule has 0 bridgehead atoms. The highest BCUT2D eigenvalue weighted by atomic mass is 16.6. The standard InChI is InChI=1S/C13H20N2O5/c1-18-12(16)2-3-14-4-6-15(7-5-14)13(17)11-10-19-8-9-20-11/h10H,2-9H2,1H3. The summed E-state index contributed by atoms with van der Waals surface area (Å²) < 4.78 is 15.0. The van der Waals surface area contributed by atoms with E-state index in [0.717, 1.165) is 13.1 Å². The van der Waals surface area contributed by atoms with Gasteiger partial charge in [-0.2, -0.15) is 0 Å². The summed E-state index contributed by atoms with van der Waals surface area (Å²) in [6.07, 6.45) is 1.77. The van der Waals surface area contributed by atoms with Crippen LogP contribution in [0.1, 0.15) is 6.42 Å². The number of hydrogen-bond acceptors (Lipinski definition) is 6. The molecule has 0 aromatic rings. The number of amides is 1. The van der Waals surface area contributed by atoms with Crippen molar-refractivity contribution in [3.63, 3.8) is 0 Å². The van der Waals surface area contributed by atoms with Crippen LogP contribution in [0.3, 0.4) is 0 Å². The van der Waals surface area contributed by atoms with Crippen molar-refractivity contribution >= 4 is 11.9 Å². The van der Waals surface area contributed by atoms with Crippen molar-refractivity contribution in [3.8, 4) is 0 Å². The summed E-state index contributed by atoms with van der Waals surface area (Å²) in [6, 6.07) is 0. The van der Waals surface area contributed by atoms with E-state index in [1.54, 1.807) is 4.90 Å². The molecule has 2 aliphatic rings. The lowest BCUT2D eigenvalue weighted by Gasteiger charge is -2.34. The third-order valence-electron chi connectivity index (χ3n) is 3.38. The lowest BCUT2D eigenvalue weighted by Crippen LogP contribution is -2.49. The van der Waals surface area contributed by atoms with Crippen LogP contribution in [0.4, 0.5) is 0 Å². The molecule has 0 aromatic carbocycles. The Labute approximate surface area is 118 Å². The maximum absolute atomic E-state index is 12.1. The molecule has 112 valence electrons. The number of hydrogen-bond donors (Lipinski definition) is 0. The predicted octanol–water partition coefficient (Wildman–Crippen LogP) is -0.418. The van der Waals surface area contributed by atoms with E-state index < -0.39 is 0 Å². The summed E-state index contributed by atoms with van der Waals surface area (Å²) in [4.78, 5) is 27.1. The lowest BCUT2D eigenvalue weighted by atomic mass is 10.2. The highest BCUT2D eigenvalue weighted by Gasteiger charge is 2.26. The number of piperazine rings is 1. The molecule has 0 saturated carbocycles. The van der Waals surface area contributed by atoms with Crippen LogP contribution < -0.4 is 0 Å². The van der Waals surface area contributed by atoms with E-state index in [9.17, 15) is 9.59 Å². The van der Waals surface area contributed by atoms with Crippen LogP contribution in [0.25, 0.3) is 0 Å². The molecule has 2 aliphatic heterocycles. The summed E-state index contributed by atoms with van der Waals surface area (Å²) in [5.41, 5.74) is 0. The van der Waals surface area contributed by atoms with Gasteiger partial charge in [0.05, 0.1) is 13.5 Å². The van der Waals surface area contributed by atoms with Gasteiger partial charge < -0.3 is 19.1 Å². The van der Waals surface area contributed by atoms with Gasteiger partial charge in [0, 0.05) is 32.7 Å². The zero-order valence-corrected chi connectivity index (χ0v) is 11.7. The molecule has 20 heavy (non-hydrogen) atoms. The fourth-order valence-electron chi connectivity index (χ4n) is 2.16. The number of rotatable bonds is 4. The van der Waals surface area contributed by atoms with Crippen LogP contribution >= 0.6 is 0 Å². The summed E-state index contributed by atoms with van der Waals surface area (Å²) in [6.45, 7) is 4.31. The predicted molar refractivity (Wildman–Crippen MR) is 69.6 cm³/mol. The van der Waals surface area contributed by atoms with E-state index in [2.05, 4.69) is 9.64 Å². The first-order valence-electron chi connectivity index (χ1n) is 6.73. The van der Waals surface area contributed by atoms with Gasteiger partial charge in [-0.3, -0.25) is 14.5 Å². The van der Waals surface area contributed by atoms with Gasteiger partial charge in [0.1, 0.15) is 19.5 Å². The number of methoxy groups -OCH3 is 1. The fraction of sp³-hybridized carbons (Fsp3) is 0.692. The van der Waals surface area contributed by atoms with Gasteiger partial charge in [-0.05, 0) is 0 Å². The van der Waals surface area contributed by atoms with Gasteiger partial charge in [0.2, 0.25) is 5.76 Å². The highest BCUT2D eigenvalue weighted by Crippen LogP contribution is 2.11. The molecule has 0 aromatic heterocycles. The summed E-state index contributed by atoms with van der Waals surface area (Å²) >= 11 is 0. The van der Waals surface area contributed by atoms with Gasteiger partial charge >= 0.3 is 5.97 Å². The minimum Gasteiger partial charge on any atom is -0.494 e. The zero-order chi connectivity index (χ0) is 14.4. The Morgan fingerprint density at radius 1 is 1.25 bits per heavy atom. The van der Waals surface area contributed by atoms with E-state index in [0.29, 0.717) is 39.3 Å². The first kappa shape index (κ1) is 14.6. The molecule has 0 atom stereocenters. The van der Waals surface area contributed by atoms with Gasteiger partial charge in [-0.1, -0.05) is 0 Å². The molecule has 1 saturated heterocycles. The molecule has 0 unspecified atom stereocenters. The molecule has 7 heteroatoms. The molecule has 2 heterocycles. The monoisotopic (exact) mass is 284 g/mol. The number of ether oxygens (including phenoxy) is 3. The van der Waals surface area contributed by atoms with Crippen LogP contribution in [-0.2, 0) is 23.8 Å². The molecule has 1 amide bonds. The second-order valence-electron chi connectivity index (χ2n) is 4.66. The molecule has 0 aliphatic carbocycles. The SMILES string of the molecule is COC(=O)CCN1CCN(C(=O)C2=COCCO2)CC1. The lowest BCUT2D eigenvalue weighted by molar-refractivity contribution is -0.141. The van der Waals surface area contributed by atoms with Gasteiger partial charge in [0.25, 0.3) is 5.91 Å². The number of carbonyl (C=O) groups excluding carboxylic acids is 2. The Morgan fingerprint density at radius 2 is 2.00 bits per heavy atom. The van der Waals surface area contributed by atoms with Crippen molar-refractivity contribution in [1.29, 1.82) is 0 Å². The van der Waals surface area contributed by atoms with E-state index in [1.165, 1.54) is 13.4 Å². The van der Waals surface area contributed by atoms with Crippen molar-refractivity contribution in [2.24, 2.45) is 0 Å². The Hall–Kier alpha value is -1.76. The molecule has 0 spiro atoms. The third-order valence-corrected chi connectivity index (χ3v) is 3.38. The second-order valence-corrected chi connectivity index (χ2v) is 4.66. The Kier molecular flexibility index (Phi) is 5.23. The van der Waals surface area contributed by atoms with Gasteiger partial charge in [-0.25, -0.2) is 0 Å². The molecule has 1 fully saturated rings. The van der Waals surface area contributed by atoms with Crippen molar-refractivity contribution in [2.45, 2.75) is 6.42 Å². The topological polar surface area (TPSA) is 68.3 Å². The third kappa shape index (κ3) is 3.86. The maximum atomic E-state index is 12.1. The van der Waals surface area contributed by atoms with E-state index in [4.69, 9.17) is 9.47 Å². The second kappa shape index (κ2) is 7.14. The fourth-order valence-corrected chi connectivity index (χ4v) is 2.16. The Balaban J connectivity index is 1.74. The molecule has 2 rings (SSSR count). The van der Waals surface area contributed by atoms with Crippen LogP contribution in [-0.4, -0.2) is 74.7 Å². The average Bonchev–Trinajstić information content (AvgIpc) is 2.53. The highest BCUT2D eigenvalue weighted by molar-refractivity contribution is 5.91. The smallest absolute Gasteiger partial charge is 0.306 e. The maximum Gasteiger partial charge on any atom is 0.306 e. The first-order valence-corrected chi connectivity index (χ1v) is 6.73. The normalized spacial score (nSPS) is 19.6. The van der Waals surface area contributed by atoms with Crippen molar-refractivity contribution in [3.05, 3.63) is 12.0 Å². The molecule has 0 N–H and O–H groups in total. The van der Waals surface area contributed by atoms with Gasteiger partial charge in [-0.15, -0.1) is 0 Å². The Morgan fingerprint density at radius 3 is 2.60 bits per heavy atom. The minimum atomic E-state index is -0.207. The zero-order valence-electron chi connectivity index (χ0n) is 11.7. The number of nitrogens with zero attached hydrogens (tertiary/aromatic N) is 2. The van der Waals surface area contributed by atoms with E-state index in [1.807, 2.05) is 0 Å².